The Balaban J connectivity index is 1.88. The van der Waals surface area contributed by atoms with Crippen molar-refractivity contribution >= 4 is 0 Å². The van der Waals surface area contributed by atoms with Crippen LogP contribution in [0.15, 0.2) is 0 Å². The molecular formula is C15H26F3N. The van der Waals surface area contributed by atoms with Crippen molar-refractivity contribution in [1.82, 2.24) is 0 Å². The number of rotatable bonds is 2. The van der Waals surface area contributed by atoms with E-state index in [1.807, 2.05) is 0 Å². The van der Waals surface area contributed by atoms with Gasteiger partial charge in [0, 0.05) is 5.54 Å². The van der Waals surface area contributed by atoms with E-state index in [1.165, 1.54) is 19.3 Å². The summed E-state index contributed by atoms with van der Waals surface area (Å²) in [7, 11) is 0. The van der Waals surface area contributed by atoms with E-state index in [1.54, 1.807) is 0 Å². The summed E-state index contributed by atoms with van der Waals surface area (Å²) in [5, 5.41) is 0. The first kappa shape index (κ1) is 15.1. The Bertz CT molecular complexity index is 284. The van der Waals surface area contributed by atoms with Crippen molar-refractivity contribution in [3.05, 3.63) is 0 Å². The molecule has 0 radical (unpaired) electrons. The van der Waals surface area contributed by atoms with Gasteiger partial charge in [-0.1, -0.05) is 26.2 Å². The first-order valence-electron chi connectivity index (χ1n) is 7.70. The molecule has 0 aromatic carbocycles. The van der Waals surface area contributed by atoms with Crippen molar-refractivity contribution in [3.8, 4) is 0 Å². The standard InChI is InChI=1S/C15H26F3N/c1-2-11-3-5-12(6-4-11)14(19)9-7-13(8-10-14)15(16,17)18/h11-13H,2-10,19H2,1H3. The van der Waals surface area contributed by atoms with E-state index in [4.69, 9.17) is 5.73 Å². The van der Waals surface area contributed by atoms with Crippen LogP contribution in [0.5, 0.6) is 0 Å². The van der Waals surface area contributed by atoms with Gasteiger partial charge >= 0.3 is 6.18 Å². The van der Waals surface area contributed by atoms with Gasteiger partial charge in [-0.15, -0.1) is 0 Å². The number of halogens is 3. The molecule has 2 aliphatic rings. The van der Waals surface area contributed by atoms with Crippen LogP contribution in [-0.4, -0.2) is 11.7 Å². The van der Waals surface area contributed by atoms with Gasteiger partial charge < -0.3 is 5.73 Å². The van der Waals surface area contributed by atoms with E-state index in [9.17, 15) is 13.2 Å². The van der Waals surface area contributed by atoms with E-state index >= 15 is 0 Å². The first-order chi connectivity index (χ1) is 8.85. The number of hydrogen-bond acceptors (Lipinski definition) is 1. The molecule has 2 rings (SSSR count). The summed E-state index contributed by atoms with van der Waals surface area (Å²) in [6.07, 6.45) is 3.42. The van der Waals surface area contributed by atoms with Crippen LogP contribution in [0.1, 0.15) is 64.7 Å². The van der Waals surface area contributed by atoms with Crippen molar-refractivity contribution in [2.24, 2.45) is 23.5 Å². The molecule has 2 N–H and O–H groups in total. The van der Waals surface area contributed by atoms with Crippen molar-refractivity contribution in [2.45, 2.75) is 76.4 Å². The summed E-state index contributed by atoms with van der Waals surface area (Å²) in [6.45, 7) is 2.22. The Morgan fingerprint density at radius 1 is 1.00 bits per heavy atom. The largest absolute Gasteiger partial charge is 0.391 e. The van der Waals surface area contributed by atoms with Crippen LogP contribution in [-0.2, 0) is 0 Å². The minimum atomic E-state index is -4.03. The summed E-state index contributed by atoms with van der Waals surface area (Å²) in [6, 6.07) is 0. The number of hydrogen-bond donors (Lipinski definition) is 1. The molecule has 2 aliphatic carbocycles. The highest BCUT2D eigenvalue weighted by Gasteiger charge is 2.47. The van der Waals surface area contributed by atoms with Gasteiger partial charge in [0.2, 0.25) is 0 Å². The molecule has 0 bridgehead atoms. The zero-order valence-corrected chi connectivity index (χ0v) is 11.8. The lowest BCUT2D eigenvalue weighted by Crippen LogP contribution is -2.52. The second-order valence-electron chi connectivity index (χ2n) is 6.67. The summed E-state index contributed by atoms with van der Waals surface area (Å²) >= 11 is 0. The van der Waals surface area contributed by atoms with Crippen molar-refractivity contribution in [2.75, 3.05) is 0 Å². The lowest BCUT2D eigenvalue weighted by Gasteiger charge is -2.45. The summed E-state index contributed by atoms with van der Waals surface area (Å²) < 4.78 is 38.1. The summed E-state index contributed by atoms with van der Waals surface area (Å²) in [5.74, 6) is 0.145. The minimum Gasteiger partial charge on any atom is -0.325 e. The van der Waals surface area contributed by atoms with Crippen LogP contribution in [0, 0.1) is 17.8 Å². The van der Waals surface area contributed by atoms with E-state index in [0.717, 1.165) is 18.8 Å². The predicted octanol–water partition coefficient (Wildman–Crippen LogP) is 4.65. The smallest absolute Gasteiger partial charge is 0.325 e. The normalized spacial score (nSPS) is 41.2. The van der Waals surface area contributed by atoms with Gasteiger partial charge in [0.1, 0.15) is 0 Å². The van der Waals surface area contributed by atoms with Crippen molar-refractivity contribution < 1.29 is 13.2 Å². The van der Waals surface area contributed by atoms with Gasteiger partial charge in [0.05, 0.1) is 5.92 Å². The van der Waals surface area contributed by atoms with Gasteiger partial charge in [-0.25, -0.2) is 0 Å². The highest BCUT2D eigenvalue weighted by molar-refractivity contribution is 4.97. The molecule has 0 aliphatic heterocycles. The van der Waals surface area contributed by atoms with Crippen LogP contribution in [0.3, 0.4) is 0 Å². The van der Waals surface area contributed by atoms with Crippen LogP contribution < -0.4 is 5.73 Å². The Hall–Kier alpha value is -0.250. The molecule has 19 heavy (non-hydrogen) atoms. The van der Waals surface area contributed by atoms with Crippen LogP contribution in [0.2, 0.25) is 0 Å². The van der Waals surface area contributed by atoms with Crippen LogP contribution >= 0.6 is 0 Å². The third-order valence-corrected chi connectivity index (χ3v) is 5.62. The van der Waals surface area contributed by atoms with E-state index in [2.05, 4.69) is 6.92 Å². The zero-order chi connectivity index (χ0) is 14.1. The fraction of sp³-hybridized carbons (Fsp3) is 1.00. The molecule has 2 fully saturated rings. The molecule has 0 spiro atoms. The lowest BCUT2D eigenvalue weighted by molar-refractivity contribution is -0.186. The predicted molar refractivity (Wildman–Crippen MR) is 70.7 cm³/mol. The summed E-state index contributed by atoms with van der Waals surface area (Å²) in [5.41, 5.74) is 6.14. The monoisotopic (exact) mass is 277 g/mol. The van der Waals surface area contributed by atoms with E-state index in [0.29, 0.717) is 18.8 Å². The minimum absolute atomic E-state index is 0.230. The third-order valence-electron chi connectivity index (χ3n) is 5.62. The molecule has 0 unspecified atom stereocenters. The molecule has 0 aromatic rings. The third kappa shape index (κ3) is 3.45. The molecule has 112 valence electrons. The highest BCUT2D eigenvalue weighted by Crippen LogP contribution is 2.46. The molecular weight excluding hydrogens is 251 g/mol. The average molecular weight is 277 g/mol. The van der Waals surface area contributed by atoms with Crippen LogP contribution in [0.4, 0.5) is 13.2 Å². The molecule has 0 heterocycles. The molecule has 2 saturated carbocycles. The van der Waals surface area contributed by atoms with Gasteiger partial charge in [0.25, 0.3) is 0 Å². The van der Waals surface area contributed by atoms with Gasteiger partial charge in [-0.3, -0.25) is 0 Å². The van der Waals surface area contributed by atoms with Gasteiger partial charge in [-0.05, 0) is 50.4 Å². The quantitative estimate of drug-likeness (QED) is 0.781. The molecule has 0 saturated heterocycles. The molecule has 1 nitrogen and oxygen atoms in total. The summed E-state index contributed by atoms with van der Waals surface area (Å²) in [4.78, 5) is 0. The fourth-order valence-corrected chi connectivity index (χ4v) is 4.04. The molecule has 0 atom stereocenters. The Labute approximate surface area is 114 Å². The fourth-order valence-electron chi connectivity index (χ4n) is 4.04. The Kier molecular flexibility index (Phi) is 4.49. The highest BCUT2D eigenvalue weighted by atomic mass is 19.4. The first-order valence-corrected chi connectivity index (χ1v) is 7.70. The zero-order valence-electron chi connectivity index (χ0n) is 11.8. The van der Waals surface area contributed by atoms with E-state index in [-0.39, 0.29) is 18.4 Å². The average Bonchev–Trinajstić information content (AvgIpc) is 2.38. The molecule has 0 amide bonds. The van der Waals surface area contributed by atoms with E-state index < -0.39 is 12.1 Å². The second-order valence-corrected chi connectivity index (χ2v) is 6.67. The van der Waals surface area contributed by atoms with Crippen molar-refractivity contribution in [3.63, 3.8) is 0 Å². The SMILES string of the molecule is CCC1CCC(C2(N)CCC(C(F)(F)F)CC2)CC1. The van der Waals surface area contributed by atoms with Gasteiger partial charge in [0.15, 0.2) is 0 Å². The Morgan fingerprint density at radius 2 is 1.53 bits per heavy atom. The maximum atomic E-state index is 12.7. The topological polar surface area (TPSA) is 26.0 Å². The number of nitrogens with two attached hydrogens (primary N) is 1. The Morgan fingerprint density at radius 3 is 1.95 bits per heavy atom. The number of alkyl halides is 3. The second kappa shape index (κ2) is 5.63. The molecule has 0 aromatic heterocycles. The molecule has 4 heteroatoms. The van der Waals surface area contributed by atoms with Gasteiger partial charge in [-0.2, -0.15) is 13.2 Å². The maximum absolute atomic E-state index is 12.7. The van der Waals surface area contributed by atoms with Crippen molar-refractivity contribution in [1.29, 1.82) is 0 Å². The lowest BCUT2D eigenvalue weighted by atomic mass is 9.64. The van der Waals surface area contributed by atoms with Crippen LogP contribution in [0.25, 0.3) is 0 Å². The maximum Gasteiger partial charge on any atom is 0.391 e.